The van der Waals surface area contributed by atoms with Gasteiger partial charge in [-0.15, -0.1) is 0 Å². The number of likely N-dealkylation sites (tertiary alicyclic amines) is 1. The molecule has 0 spiro atoms. The van der Waals surface area contributed by atoms with Gasteiger partial charge in [0.25, 0.3) is 5.91 Å². The number of hydrogen-bond acceptors (Lipinski definition) is 4. The third kappa shape index (κ3) is 4.44. The molecule has 2 rings (SSSR count). The molecule has 0 unspecified atom stereocenters. The summed E-state index contributed by atoms with van der Waals surface area (Å²) in [6.07, 6.45) is 2.19. The maximum Gasteiger partial charge on any atom is 0.251 e. The van der Waals surface area contributed by atoms with E-state index in [2.05, 4.69) is 10.2 Å². The predicted molar refractivity (Wildman–Crippen MR) is 81.4 cm³/mol. The smallest absolute Gasteiger partial charge is 0.251 e. The van der Waals surface area contributed by atoms with Crippen molar-refractivity contribution in [1.82, 2.24) is 10.2 Å². The number of aryl methyl sites for hydroxylation is 1. The first kappa shape index (κ1) is 15.8. The number of piperidine rings is 1. The Morgan fingerprint density at radius 1 is 1.48 bits per heavy atom. The van der Waals surface area contributed by atoms with Crippen LogP contribution in [0.25, 0.3) is 0 Å². The Kier molecular flexibility index (Phi) is 5.59. The van der Waals surface area contributed by atoms with E-state index in [-0.39, 0.29) is 18.3 Å². The summed E-state index contributed by atoms with van der Waals surface area (Å²) in [5.74, 6) is 0.314. The minimum Gasteiger partial charge on any atom is -0.508 e. The minimum atomic E-state index is -0.154. The number of aromatic hydroxyl groups is 1. The third-order valence-corrected chi connectivity index (χ3v) is 4.04. The predicted octanol–water partition coefficient (Wildman–Crippen LogP) is 1.13. The molecule has 1 fully saturated rings. The summed E-state index contributed by atoms with van der Waals surface area (Å²) in [5.41, 5.74) is 1.37. The van der Waals surface area contributed by atoms with Gasteiger partial charge in [-0.25, -0.2) is 0 Å². The highest BCUT2D eigenvalue weighted by Crippen LogP contribution is 2.16. The monoisotopic (exact) mass is 292 g/mol. The van der Waals surface area contributed by atoms with E-state index in [1.807, 2.05) is 6.92 Å². The molecule has 3 N–H and O–H groups in total. The van der Waals surface area contributed by atoms with Crippen molar-refractivity contribution in [3.63, 3.8) is 0 Å². The fraction of sp³-hybridized carbons (Fsp3) is 0.562. The van der Waals surface area contributed by atoms with Gasteiger partial charge in [0, 0.05) is 31.8 Å². The first-order valence-electron chi connectivity index (χ1n) is 7.51. The van der Waals surface area contributed by atoms with Gasteiger partial charge in [0.15, 0.2) is 0 Å². The Bertz CT molecular complexity index is 490. The number of nitrogens with one attached hydrogen (secondary N) is 1. The normalized spacial score (nSPS) is 19.4. The average molecular weight is 292 g/mol. The van der Waals surface area contributed by atoms with Gasteiger partial charge in [-0.05, 0) is 49.9 Å². The van der Waals surface area contributed by atoms with Crippen LogP contribution in [-0.4, -0.2) is 53.8 Å². The Balaban J connectivity index is 1.80. The zero-order valence-corrected chi connectivity index (χ0v) is 12.5. The molecule has 1 aliphatic heterocycles. The van der Waals surface area contributed by atoms with Crippen LogP contribution in [0.3, 0.4) is 0 Å². The van der Waals surface area contributed by atoms with Gasteiger partial charge in [-0.2, -0.15) is 0 Å². The molecule has 5 heteroatoms. The number of rotatable bonds is 5. The van der Waals surface area contributed by atoms with Crippen LogP contribution >= 0.6 is 0 Å². The minimum absolute atomic E-state index is 0.104. The van der Waals surface area contributed by atoms with Gasteiger partial charge in [-0.3, -0.25) is 4.79 Å². The Hall–Kier alpha value is -1.59. The van der Waals surface area contributed by atoms with Crippen molar-refractivity contribution >= 4 is 5.91 Å². The zero-order chi connectivity index (χ0) is 15.2. The first-order chi connectivity index (χ1) is 10.1. The van der Waals surface area contributed by atoms with Crippen molar-refractivity contribution in [3.05, 3.63) is 29.3 Å². The first-order valence-corrected chi connectivity index (χ1v) is 7.51. The summed E-state index contributed by atoms with van der Waals surface area (Å²) in [6.45, 7) is 5.39. The fourth-order valence-corrected chi connectivity index (χ4v) is 2.78. The van der Waals surface area contributed by atoms with Crippen LogP contribution in [0.2, 0.25) is 0 Å². The van der Waals surface area contributed by atoms with Crippen LogP contribution in [0.1, 0.15) is 28.8 Å². The second-order valence-electron chi connectivity index (χ2n) is 5.75. The molecule has 1 atom stereocenters. The molecule has 0 saturated carbocycles. The third-order valence-electron chi connectivity index (χ3n) is 4.04. The van der Waals surface area contributed by atoms with Gasteiger partial charge in [0.1, 0.15) is 5.75 Å². The molecule has 21 heavy (non-hydrogen) atoms. The number of aliphatic hydroxyl groups excluding tert-OH is 1. The average Bonchev–Trinajstić information content (AvgIpc) is 2.49. The Labute approximate surface area is 125 Å². The highest BCUT2D eigenvalue weighted by molar-refractivity contribution is 5.96. The van der Waals surface area contributed by atoms with Crippen molar-refractivity contribution in [3.8, 4) is 5.75 Å². The molecular formula is C16H24N2O3. The molecule has 0 aliphatic carbocycles. The molecule has 0 bridgehead atoms. The largest absolute Gasteiger partial charge is 0.508 e. The van der Waals surface area contributed by atoms with Gasteiger partial charge >= 0.3 is 0 Å². The van der Waals surface area contributed by atoms with Gasteiger partial charge in [0.2, 0.25) is 0 Å². The lowest BCUT2D eigenvalue weighted by atomic mass is 9.99. The number of hydrogen-bond donors (Lipinski definition) is 3. The molecule has 116 valence electrons. The Morgan fingerprint density at radius 2 is 2.29 bits per heavy atom. The summed E-state index contributed by atoms with van der Waals surface area (Å²) in [6, 6.07) is 4.81. The van der Waals surface area contributed by atoms with Gasteiger partial charge in [0.05, 0.1) is 0 Å². The van der Waals surface area contributed by atoms with Crippen molar-refractivity contribution in [2.45, 2.75) is 19.8 Å². The van der Waals surface area contributed by atoms with Crippen LogP contribution in [0.15, 0.2) is 18.2 Å². The van der Waals surface area contributed by atoms with E-state index in [1.54, 1.807) is 12.1 Å². The maximum absolute atomic E-state index is 12.1. The van der Waals surface area contributed by atoms with Crippen LogP contribution in [0.4, 0.5) is 0 Å². The number of benzene rings is 1. The van der Waals surface area contributed by atoms with Crippen LogP contribution in [-0.2, 0) is 0 Å². The lowest BCUT2D eigenvalue weighted by Gasteiger charge is -2.31. The van der Waals surface area contributed by atoms with Crippen molar-refractivity contribution in [2.24, 2.45) is 5.92 Å². The summed E-state index contributed by atoms with van der Waals surface area (Å²) in [5, 5.41) is 21.6. The molecule has 1 aromatic rings. The number of carbonyl (C=O) groups is 1. The summed E-state index contributed by atoms with van der Waals surface area (Å²) >= 11 is 0. The summed E-state index contributed by atoms with van der Waals surface area (Å²) < 4.78 is 0. The number of phenolic OH excluding ortho intramolecular Hbond substituents is 1. The molecule has 0 aromatic heterocycles. The zero-order valence-electron chi connectivity index (χ0n) is 12.5. The lowest BCUT2D eigenvalue weighted by Crippen LogP contribution is -2.41. The Morgan fingerprint density at radius 3 is 3.05 bits per heavy atom. The quantitative estimate of drug-likeness (QED) is 0.761. The van der Waals surface area contributed by atoms with Gasteiger partial charge < -0.3 is 20.4 Å². The standard InChI is InChI=1S/C16H24N2O3/c1-12-4-5-14(20)9-15(12)16(21)17-6-8-18-7-2-3-13(10-18)11-19/h4-5,9,13,19-20H,2-3,6-8,10-11H2,1H3,(H,17,21)/t13-/m1/s1. The highest BCUT2D eigenvalue weighted by atomic mass is 16.3. The molecule has 5 nitrogen and oxygen atoms in total. The van der Waals surface area contributed by atoms with E-state index in [9.17, 15) is 15.0 Å². The van der Waals surface area contributed by atoms with Crippen LogP contribution in [0.5, 0.6) is 5.75 Å². The summed E-state index contributed by atoms with van der Waals surface area (Å²) in [7, 11) is 0. The second kappa shape index (κ2) is 7.43. The highest BCUT2D eigenvalue weighted by Gasteiger charge is 2.19. The molecule has 1 heterocycles. The van der Waals surface area contributed by atoms with Gasteiger partial charge in [-0.1, -0.05) is 6.07 Å². The molecule has 1 aromatic carbocycles. The summed E-state index contributed by atoms with van der Waals surface area (Å²) in [4.78, 5) is 14.4. The van der Waals surface area contributed by atoms with Crippen LogP contribution in [0, 0.1) is 12.8 Å². The molecule has 1 aliphatic rings. The van der Waals surface area contributed by atoms with E-state index in [4.69, 9.17) is 0 Å². The molecule has 1 amide bonds. The number of phenols is 1. The van der Waals surface area contributed by atoms with E-state index in [0.717, 1.165) is 38.0 Å². The number of carbonyl (C=O) groups excluding carboxylic acids is 1. The number of aliphatic hydroxyl groups is 1. The van der Waals surface area contributed by atoms with Crippen molar-refractivity contribution < 1.29 is 15.0 Å². The van der Waals surface area contributed by atoms with E-state index in [1.165, 1.54) is 6.07 Å². The number of nitrogens with zero attached hydrogens (tertiary/aromatic N) is 1. The molecule has 1 saturated heterocycles. The lowest BCUT2D eigenvalue weighted by molar-refractivity contribution is 0.0929. The molecular weight excluding hydrogens is 268 g/mol. The second-order valence-corrected chi connectivity index (χ2v) is 5.75. The fourth-order valence-electron chi connectivity index (χ4n) is 2.78. The SMILES string of the molecule is Cc1ccc(O)cc1C(=O)NCCN1CCC[C@@H](CO)C1. The van der Waals surface area contributed by atoms with E-state index in [0.29, 0.717) is 18.0 Å². The topological polar surface area (TPSA) is 72.8 Å². The van der Waals surface area contributed by atoms with Crippen molar-refractivity contribution in [2.75, 3.05) is 32.8 Å². The van der Waals surface area contributed by atoms with E-state index >= 15 is 0 Å². The van der Waals surface area contributed by atoms with Crippen molar-refractivity contribution in [1.29, 1.82) is 0 Å². The van der Waals surface area contributed by atoms with E-state index < -0.39 is 0 Å². The maximum atomic E-state index is 12.1. The number of amides is 1. The molecule has 0 radical (unpaired) electrons. The van der Waals surface area contributed by atoms with Crippen LogP contribution < -0.4 is 5.32 Å².